The molecule has 8 N–H and O–H groups in total. The number of likely N-dealkylation sites (N-methyl/N-ethyl adjacent to an activating group) is 1. The van der Waals surface area contributed by atoms with E-state index < -0.39 is 81.4 Å². The van der Waals surface area contributed by atoms with Crippen molar-refractivity contribution in [1.29, 1.82) is 5.53 Å². The standard InChI is InChI=1S/C22H23N5O8/c1-6-7-4-5-8(25-26-24)15(28)10(7)16(29)11-9(6)17(30)13-14(27(2)3)18(31)12(21(23)34)20(33)22(13,35)19(11)32/h4-6,9,13-14,17,24,30,35H,1-3H3,(H4,23,29,31,32,33,34)/p+1. The number of hydrogen-bond acceptors (Lipinski definition) is 11. The molecule has 4 rings (SSSR count). The van der Waals surface area contributed by atoms with Crippen molar-refractivity contribution in [2.75, 3.05) is 14.1 Å². The van der Waals surface area contributed by atoms with E-state index in [-0.39, 0.29) is 11.3 Å². The minimum Gasteiger partial charge on any atom is -0.508 e. The number of ketones is 2. The highest BCUT2D eigenvalue weighted by atomic mass is 16.4. The molecule has 184 valence electrons. The number of nitrogens with two attached hydrogens (primary N) is 1. The fourth-order valence-electron chi connectivity index (χ4n) is 5.74. The quantitative estimate of drug-likeness (QED) is 0.168. The van der Waals surface area contributed by atoms with Gasteiger partial charge in [-0.3, -0.25) is 19.3 Å². The smallest absolute Gasteiger partial charge is 0.255 e. The summed E-state index contributed by atoms with van der Waals surface area (Å²) in [6.07, 6.45) is -1.67. The average Bonchev–Trinajstić information content (AvgIpc) is 2.77. The highest BCUT2D eigenvalue weighted by Crippen LogP contribution is 2.56. The first-order valence-corrected chi connectivity index (χ1v) is 10.6. The second-order valence-corrected chi connectivity index (χ2v) is 9.15. The third-order valence-electron chi connectivity index (χ3n) is 7.27. The van der Waals surface area contributed by atoms with Crippen LogP contribution in [0.4, 0.5) is 5.69 Å². The molecule has 0 radical (unpaired) electrons. The van der Waals surface area contributed by atoms with Gasteiger partial charge < -0.3 is 31.3 Å². The number of carbonyl (C=O) groups excluding carboxylic acids is 3. The highest BCUT2D eigenvalue weighted by molar-refractivity contribution is 6.24. The van der Waals surface area contributed by atoms with E-state index in [9.17, 15) is 39.9 Å². The van der Waals surface area contributed by atoms with E-state index in [0.29, 0.717) is 5.56 Å². The Morgan fingerprint density at radius 1 is 1.23 bits per heavy atom. The van der Waals surface area contributed by atoms with Crippen LogP contribution in [0.2, 0.25) is 0 Å². The normalized spacial score (nSPS) is 32.1. The Morgan fingerprint density at radius 2 is 1.86 bits per heavy atom. The van der Waals surface area contributed by atoms with Gasteiger partial charge in [-0.2, -0.15) is 0 Å². The van der Waals surface area contributed by atoms with Gasteiger partial charge in [-0.15, -0.1) is 0 Å². The zero-order chi connectivity index (χ0) is 26.1. The highest BCUT2D eigenvalue weighted by Gasteiger charge is 2.68. The summed E-state index contributed by atoms with van der Waals surface area (Å²) in [6.45, 7) is 1.61. The number of amides is 1. The number of phenolic OH excluding ortho intramolecular Hbond substituents is 1. The lowest BCUT2D eigenvalue weighted by atomic mass is 9.54. The second kappa shape index (κ2) is 7.82. The third-order valence-corrected chi connectivity index (χ3v) is 7.27. The van der Waals surface area contributed by atoms with Crippen LogP contribution in [0.1, 0.15) is 24.0 Å². The Balaban J connectivity index is 2.07. The maximum absolute atomic E-state index is 13.8. The van der Waals surface area contributed by atoms with Gasteiger partial charge in [-0.1, -0.05) is 13.0 Å². The number of nitrogens with one attached hydrogen (secondary N) is 1. The Bertz CT molecular complexity index is 1310. The van der Waals surface area contributed by atoms with Crippen molar-refractivity contribution in [2.45, 2.75) is 30.6 Å². The summed E-state index contributed by atoms with van der Waals surface area (Å²) in [5.41, 5.74) is 7.64. The molecule has 0 aliphatic heterocycles. The molecule has 13 nitrogen and oxygen atoms in total. The van der Waals surface area contributed by atoms with E-state index in [2.05, 4.69) is 10.0 Å². The van der Waals surface area contributed by atoms with Crippen molar-refractivity contribution in [3.63, 3.8) is 0 Å². The number of Topliss-reactive ketones (excluding diaryl/α,β-unsaturated/α-hetero) is 2. The topological polar surface area (TPSA) is 232 Å². The predicted molar refractivity (Wildman–Crippen MR) is 117 cm³/mol. The fourth-order valence-corrected chi connectivity index (χ4v) is 5.74. The number of aromatic hydroxyl groups is 1. The second-order valence-electron chi connectivity index (χ2n) is 9.15. The number of hydrogen-bond donors (Lipinski definition) is 7. The molecule has 3 aliphatic rings. The van der Waals surface area contributed by atoms with Crippen molar-refractivity contribution in [1.82, 2.24) is 9.81 Å². The summed E-state index contributed by atoms with van der Waals surface area (Å²) >= 11 is 0. The number of rotatable bonds is 3. The van der Waals surface area contributed by atoms with E-state index in [1.54, 1.807) is 6.92 Å². The number of aliphatic hydroxyl groups excluding tert-OH is 3. The van der Waals surface area contributed by atoms with Crippen LogP contribution in [-0.2, 0) is 14.4 Å². The molecule has 35 heavy (non-hydrogen) atoms. The zero-order valence-electron chi connectivity index (χ0n) is 18.9. The van der Waals surface area contributed by atoms with Gasteiger partial charge in [-0.25, -0.2) is 0 Å². The van der Waals surface area contributed by atoms with Gasteiger partial charge in [0.05, 0.1) is 23.6 Å². The Morgan fingerprint density at radius 3 is 2.40 bits per heavy atom. The van der Waals surface area contributed by atoms with E-state index in [0.717, 1.165) is 0 Å². The number of carbonyl (C=O) groups is 3. The summed E-state index contributed by atoms with van der Waals surface area (Å²) in [5.74, 6) is -9.77. The van der Waals surface area contributed by atoms with E-state index in [1.165, 1.54) is 31.1 Å². The van der Waals surface area contributed by atoms with Gasteiger partial charge >= 0.3 is 0 Å². The Kier molecular flexibility index (Phi) is 5.41. The first kappa shape index (κ1) is 24.2. The molecule has 6 unspecified atom stereocenters. The van der Waals surface area contributed by atoms with Gasteiger partial charge in [0, 0.05) is 11.5 Å². The molecule has 0 spiro atoms. The number of benzene rings is 1. The number of nitrogens with zero attached hydrogens (tertiary/aromatic N) is 3. The minimum atomic E-state index is -2.97. The molecule has 13 heteroatoms. The summed E-state index contributed by atoms with van der Waals surface area (Å²) < 4.78 is 0. The lowest BCUT2D eigenvalue weighted by molar-refractivity contribution is -0.169. The Labute approximate surface area is 198 Å². The summed E-state index contributed by atoms with van der Waals surface area (Å²) in [4.78, 5) is 43.0. The van der Waals surface area contributed by atoms with Crippen molar-refractivity contribution in [3.8, 4) is 5.75 Å². The molecule has 3 aliphatic carbocycles. The van der Waals surface area contributed by atoms with Crippen LogP contribution in [0.5, 0.6) is 5.75 Å². The van der Waals surface area contributed by atoms with Crippen LogP contribution < -0.4 is 10.6 Å². The largest absolute Gasteiger partial charge is 0.508 e. The van der Waals surface area contributed by atoms with Crippen molar-refractivity contribution in [2.24, 2.45) is 22.7 Å². The Hall–Kier alpha value is -3.90. The van der Waals surface area contributed by atoms with Crippen LogP contribution in [0.25, 0.3) is 5.76 Å². The van der Waals surface area contributed by atoms with Gasteiger partial charge in [0.2, 0.25) is 10.7 Å². The maximum Gasteiger partial charge on any atom is 0.255 e. The number of aliphatic hydroxyl groups is 4. The van der Waals surface area contributed by atoms with Crippen LogP contribution in [-0.4, -0.2) is 79.7 Å². The van der Waals surface area contributed by atoms with Gasteiger partial charge in [0.1, 0.15) is 22.6 Å². The van der Waals surface area contributed by atoms with Gasteiger partial charge in [0.15, 0.2) is 27.9 Å². The number of phenols is 1. The lowest BCUT2D eigenvalue weighted by Gasteiger charge is -2.53. The van der Waals surface area contributed by atoms with Gasteiger partial charge in [-0.05, 0) is 31.6 Å². The average molecular weight is 486 g/mol. The fraction of sp³-hybridized carbons (Fsp3) is 0.409. The van der Waals surface area contributed by atoms with E-state index >= 15 is 0 Å². The summed E-state index contributed by atoms with van der Waals surface area (Å²) in [6, 6.07) is 1.41. The van der Waals surface area contributed by atoms with Crippen LogP contribution >= 0.6 is 0 Å². The molecule has 1 amide bonds. The van der Waals surface area contributed by atoms with E-state index in [4.69, 9.17) is 11.3 Å². The molecule has 0 aromatic heterocycles. The van der Waals surface area contributed by atoms with Crippen molar-refractivity contribution < 1.29 is 39.9 Å². The van der Waals surface area contributed by atoms with Crippen molar-refractivity contribution in [3.05, 3.63) is 40.2 Å². The first-order valence-electron chi connectivity index (χ1n) is 10.6. The molecular formula is C22H24N5O8+. The minimum absolute atomic E-state index is 0.174. The van der Waals surface area contributed by atoms with Crippen LogP contribution in [0.3, 0.4) is 0 Å². The summed E-state index contributed by atoms with van der Waals surface area (Å²) in [7, 11) is 2.87. The van der Waals surface area contributed by atoms with Crippen LogP contribution in [0.15, 0.2) is 34.2 Å². The maximum atomic E-state index is 13.8. The van der Waals surface area contributed by atoms with Gasteiger partial charge in [0.25, 0.3) is 5.91 Å². The molecular weight excluding hydrogens is 462 g/mol. The number of primary amides is 1. The van der Waals surface area contributed by atoms with E-state index in [1.807, 2.05) is 0 Å². The number of fused-ring (bicyclic) bond motifs is 3. The molecule has 1 fully saturated rings. The monoisotopic (exact) mass is 486 g/mol. The third kappa shape index (κ3) is 2.93. The van der Waals surface area contributed by atoms with Crippen molar-refractivity contribution >= 4 is 28.9 Å². The van der Waals surface area contributed by atoms with Crippen LogP contribution in [0, 0.1) is 17.4 Å². The summed E-state index contributed by atoms with van der Waals surface area (Å²) in [5, 5.41) is 59.1. The molecule has 1 aromatic carbocycles. The molecule has 6 atom stereocenters. The molecule has 0 bridgehead atoms. The molecule has 1 aromatic rings. The molecule has 0 heterocycles. The zero-order valence-corrected chi connectivity index (χ0v) is 18.9. The molecule has 1 saturated carbocycles. The predicted octanol–water partition coefficient (Wildman–Crippen LogP) is -0.322. The SMILES string of the molecule is CC1c2ccc(N=[N+]=N)c(O)c2C(O)=C2C(=O)C3(O)C(O)=C(C(N)=O)C(=O)C(N(C)C)C3C(O)C21. The lowest BCUT2D eigenvalue weighted by Crippen LogP contribution is -2.70. The first-order chi connectivity index (χ1) is 16.3. The molecule has 0 saturated heterocycles.